The van der Waals surface area contributed by atoms with Crippen LogP contribution in [-0.4, -0.2) is 16.2 Å². The number of benzene rings is 1. The highest BCUT2D eigenvalue weighted by molar-refractivity contribution is 7.99. The fraction of sp³-hybridized carbons (Fsp3) is 0.333. The Morgan fingerprint density at radius 1 is 1.50 bits per heavy atom. The average Bonchev–Trinajstić information content (AvgIpc) is 2.18. The van der Waals surface area contributed by atoms with E-state index in [1.165, 1.54) is 0 Å². The van der Waals surface area contributed by atoms with Gasteiger partial charge in [-0.1, -0.05) is 19.1 Å². The number of thioether (sulfide) groups is 1. The molecule has 0 radical (unpaired) electrons. The fourth-order valence-corrected chi connectivity index (χ4v) is 2.27. The second kappa shape index (κ2) is 4.70. The number of hydrogen-bond donors (Lipinski definition) is 2. The van der Waals surface area contributed by atoms with Crippen molar-refractivity contribution in [1.82, 2.24) is 0 Å². The van der Waals surface area contributed by atoms with E-state index in [9.17, 15) is 4.21 Å². The Balaban J connectivity index is 2.97. The fourth-order valence-electron chi connectivity index (χ4n) is 0.979. The number of hydrogen-bond acceptors (Lipinski definition) is 3. The molecule has 1 atom stereocenters. The van der Waals surface area contributed by atoms with Gasteiger partial charge in [0.25, 0.3) is 0 Å². The van der Waals surface area contributed by atoms with Crippen LogP contribution in [0.15, 0.2) is 29.2 Å². The van der Waals surface area contributed by atoms with Crippen molar-refractivity contribution in [3.63, 3.8) is 0 Å². The number of rotatable bonds is 4. The molecule has 0 saturated carbocycles. The highest BCUT2D eigenvalue weighted by Crippen LogP contribution is 2.25. The molecule has 0 aliphatic rings. The van der Waals surface area contributed by atoms with Crippen LogP contribution >= 0.6 is 11.8 Å². The van der Waals surface area contributed by atoms with Crippen molar-refractivity contribution in [2.24, 2.45) is 0 Å². The summed E-state index contributed by atoms with van der Waals surface area (Å²) < 4.78 is 21.8. The van der Waals surface area contributed by atoms with Gasteiger partial charge in [-0.05, 0) is 18.4 Å². The summed E-state index contributed by atoms with van der Waals surface area (Å²) in [5, 5.41) is 0. The Morgan fingerprint density at radius 3 is 2.71 bits per heavy atom. The van der Waals surface area contributed by atoms with E-state index in [1.807, 2.05) is 30.5 Å². The van der Waals surface area contributed by atoms with Gasteiger partial charge in [0, 0.05) is 10.6 Å². The molecule has 0 saturated heterocycles. The minimum Gasteiger partial charge on any atom is -0.298 e. The molecule has 0 amide bonds. The first-order chi connectivity index (χ1) is 6.59. The maximum Gasteiger partial charge on any atom is 0.126 e. The Kier molecular flexibility index (Phi) is 3.83. The molecule has 0 aliphatic heterocycles. The quantitative estimate of drug-likeness (QED) is 0.781. The molecule has 1 aromatic rings. The van der Waals surface area contributed by atoms with E-state index in [-0.39, 0.29) is 0 Å². The molecular weight excluding hydrogens is 216 g/mol. The van der Waals surface area contributed by atoms with Gasteiger partial charge in [-0.2, -0.15) is 0 Å². The Morgan fingerprint density at radius 2 is 2.14 bits per heavy atom. The monoisotopic (exact) mass is 230 g/mol. The topological polar surface area (TPSA) is 53.0 Å². The predicted molar refractivity (Wildman–Crippen MR) is 63.2 cm³/mol. The van der Waals surface area contributed by atoms with E-state index < -0.39 is 9.92 Å². The molecule has 0 spiro atoms. The van der Waals surface area contributed by atoms with Crippen molar-refractivity contribution in [2.75, 3.05) is 16.7 Å². The van der Waals surface area contributed by atoms with Crippen LogP contribution in [-0.2, 0) is 9.92 Å². The maximum absolute atomic E-state index is 11.5. The van der Waals surface area contributed by atoms with Crippen LogP contribution in [0.4, 0.5) is 5.69 Å². The van der Waals surface area contributed by atoms with E-state index in [4.69, 9.17) is 4.78 Å². The van der Waals surface area contributed by atoms with Crippen LogP contribution in [0.2, 0.25) is 0 Å². The van der Waals surface area contributed by atoms with Gasteiger partial charge >= 0.3 is 0 Å². The summed E-state index contributed by atoms with van der Waals surface area (Å²) in [7, 11) is -2.67. The van der Waals surface area contributed by atoms with E-state index >= 15 is 0 Å². The molecule has 0 aliphatic carbocycles. The smallest absolute Gasteiger partial charge is 0.126 e. The van der Waals surface area contributed by atoms with Crippen molar-refractivity contribution < 1.29 is 4.21 Å². The second-order valence-electron chi connectivity index (χ2n) is 2.77. The summed E-state index contributed by atoms with van der Waals surface area (Å²) in [6.45, 7) is 1.74. The zero-order valence-electron chi connectivity index (χ0n) is 8.24. The highest BCUT2D eigenvalue weighted by atomic mass is 32.2. The molecule has 78 valence electrons. The normalized spacial score (nSPS) is 14.7. The minimum atomic E-state index is -2.67. The molecule has 5 heteroatoms. The van der Waals surface area contributed by atoms with E-state index in [0.29, 0.717) is 5.75 Å². The first kappa shape index (κ1) is 11.4. The summed E-state index contributed by atoms with van der Waals surface area (Å²) in [6.07, 6.45) is 1.96. The lowest BCUT2D eigenvalue weighted by atomic mass is 10.3. The summed E-state index contributed by atoms with van der Waals surface area (Å²) in [6, 6.07) is 7.58. The average molecular weight is 230 g/mol. The molecule has 0 heterocycles. The van der Waals surface area contributed by atoms with Crippen LogP contribution in [0.5, 0.6) is 0 Å². The third-order valence-electron chi connectivity index (χ3n) is 1.79. The van der Waals surface area contributed by atoms with Crippen LogP contribution in [0, 0.1) is 4.78 Å². The molecular formula is C9H14N2OS2. The maximum atomic E-state index is 11.5. The first-order valence-corrected chi connectivity index (χ1v) is 7.21. The number of anilines is 1. The van der Waals surface area contributed by atoms with Crippen molar-refractivity contribution in [1.29, 1.82) is 4.78 Å². The lowest BCUT2D eigenvalue weighted by Gasteiger charge is -2.11. The van der Waals surface area contributed by atoms with E-state index in [0.717, 1.165) is 10.6 Å². The van der Waals surface area contributed by atoms with Crippen molar-refractivity contribution in [3.8, 4) is 0 Å². The van der Waals surface area contributed by atoms with Gasteiger partial charge in [0.15, 0.2) is 0 Å². The van der Waals surface area contributed by atoms with Gasteiger partial charge in [-0.25, -0.2) is 8.99 Å². The Hall–Kier alpha value is -0.680. The van der Waals surface area contributed by atoms with Crippen LogP contribution in [0.25, 0.3) is 0 Å². The molecule has 2 N–H and O–H groups in total. The summed E-state index contributed by atoms with van der Waals surface area (Å²) in [5.74, 6) is 0.315. The van der Waals surface area contributed by atoms with Gasteiger partial charge in [0.05, 0.1) is 5.69 Å². The zero-order valence-corrected chi connectivity index (χ0v) is 9.87. The summed E-state index contributed by atoms with van der Waals surface area (Å²) in [4.78, 5) is 1.01. The second-order valence-corrected chi connectivity index (χ2v) is 5.75. The van der Waals surface area contributed by atoms with Gasteiger partial charge < -0.3 is 0 Å². The standard InChI is InChI=1S/C9H14N2OS2/c1-3-14(10,12)11-8-6-4-5-7-9(8)13-2/h4-7H,3H2,1-2H3,(H2,10,11,12). The number of para-hydroxylation sites is 1. The predicted octanol–water partition coefficient (Wildman–Crippen LogP) is 2.80. The van der Waals surface area contributed by atoms with Gasteiger partial charge in [0.2, 0.25) is 0 Å². The largest absolute Gasteiger partial charge is 0.298 e. The zero-order chi connectivity index (χ0) is 10.6. The molecule has 1 aromatic carbocycles. The molecule has 3 nitrogen and oxygen atoms in total. The Labute approximate surface area is 89.4 Å². The minimum absolute atomic E-state index is 0.315. The van der Waals surface area contributed by atoms with Crippen LogP contribution < -0.4 is 4.72 Å². The van der Waals surface area contributed by atoms with Crippen molar-refractivity contribution >= 4 is 27.4 Å². The third-order valence-corrected chi connectivity index (χ3v) is 3.95. The van der Waals surface area contributed by atoms with Crippen molar-refractivity contribution in [3.05, 3.63) is 24.3 Å². The Bertz CT molecular complexity index is 401. The third kappa shape index (κ3) is 2.92. The lowest BCUT2D eigenvalue weighted by molar-refractivity contribution is 0.679. The van der Waals surface area contributed by atoms with Gasteiger partial charge in [-0.15, -0.1) is 11.8 Å². The summed E-state index contributed by atoms with van der Waals surface area (Å²) in [5.41, 5.74) is 0.779. The molecule has 0 fully saturated rings. The van der Waals surface area contributed by atoms with E-state index in [1.54, 1.807) is 18.7 Å². The van der Waals surface area contributed by atoms with Gasteiger partial charge in [0.1, 0.15) is 9.92 Å². The first-order valence-electron chi connectivity index (χ1n) is 4.26. The van der Waals surface area contributed by atoms with E-state index in [2.05, 4.69) is 4.72 Å². The van der Waals surface area contributed by atoms with Crippen molar-refractivity contribution in [2.45, 2.75) is 11.8 Å². The molecule has 0 bridgehead atoms. The molecule has 0 aromatic heterocycles. The highest BCUT2D eigenvalue weighted by Gasteiger charge is 2.05. The molecule has 1 rings (SSSR count). The SMILES string of the molecule is CCS(=N)(=O)Nc1ccccc1SC. The van der Waals surface area contributed by atoms with Gasteiger partial charge in [-0.3, -0.25) is 4.72 Å². The van der Waals surface area contributed by atoms with Crippen LogP contribution in [0.3, 0.4) is 0 Å². The molecule has 14 heavy (non-hydrogen) atoms. The lowest BCUT2D eigenvalue weighted by Crippen LogP contribution is -2.13. The molecule has 1 unspecified atom stereocenters. The summed E-state index contributed by atoms with van der Waals surface area (Å²) >= 11 is 1.58. The number of nitrogens with one attached hydrogen (secondary N) is 2. The van der Waals surface area contributed by atoms with Crippen LogP contribution in [0.1, 0.15) is 6.92 Å².